The molecule has 3 aromatic heterocycles. The number of hydrogen-bond donors (Lipinski definition) is 2. The number of benzene rings is 1. The van der Waals surface area contributed by atoms with Gasteiger partial charge in [-0.2, -0.15) is 4.98 Å². The molecule has 1 saturated heterocycles. The fourth-order valence-corrected chi connectivity index (χ4v) is 5.75. The van der Waals surface area contributed by atoms with Crippen molar-refractivity contribution in [3.8, 4) is 10.6 Å². The van der Waals surface area contributed by atoms with Crippen molar-refractivity contribution in [3.63, 3.8) is 0 Å². The van der Waals surface area contributed by atoms with E-state index in [1.54, 1.807) is 24.3 Å². The smallest absolute Gasteiger partial charge is 0.348 e. The fraction of sp³-hybridized carbons (Fsp3) is 0.261. The predicted molar refractivity (Wildman–Crippen MR) is 136 cm³/mol. The number of thiazole rings is 1. The maximum absolute atomic E-state index is 13.0. The van der Waals surface area contributed by atoms with E-state index < -0.39 is 5.69 Å². The molecular weight excluding hydrogens is 472 g/mol. The normalized spacial score (nSPS) is 13.4. The Morgan fingerprint density at radius 3 is 2.53 bits per heavy atom. The largest absolute Gasteiger partial charge is 0.349 e. The average molecular weight is 495 g/mol. The summed E-state index contributed by atoms with van der Waals surface area (Å²) in [5.41, 5.74) is 1.79. The SMILES string of the molecule is CC(=O)Nc1cccc(NC(=O)Cn2c(=O)nc(-c3cccs3)c3nc(N4CCCC4)sc32)c1. The van der Waals surface area contributed by atoms with Crippen LogP contribution in [0.2, 0.25) is 0 Å². The lowest BCUT2D eigenvalue weighted by atomic mass is 10.2. The van der Waals surface area contributed by atoms with Crippen LogP contribution in [0.4, 0.5) is 16.5 Å². The van der Waals surface area contributed by atoms with Crippen molar-refractivity contribution >= 4 is 61.3 Å². The van der Waals surface area contributed by atoms with Gasteiger partial charge >= 0.3 is 5.69 Å². The number of nitrogens with one attached hydrogen (secondary N) is 2. The van der Waals surface area contributed by atoms with Crippen molar-refractivity contribution in [2.45, 2.75) is 26.3 Å². The summed E-state index contributed by atoms with van der Waals surface area (Å²) in [4.78, 5) is 50.1. The molecule has 0 unspecified atom stereocenters. The van der Waals surface area contributed by atoms with E-state index in [1.165, 1.54) is 34.2 Å². The second-order valence-corrected chi connectivity index (χ2v) is 9.86. The topological polar surface area (TPSA) is 109 Å². The van der Waals surface area contributed by atoms with Crippen LogP contribution in [0.15, 0.2) is 46.6 Å². The number of aromatic nitrogens is 3. The lowest BCUT2D eigenvalue weighted by Crippen LogP contribution is -2.29. The molecule has 0 atom stereocenters. The maximum Gasteiger partial charge on any atom is 0.349 e. The lowest BCUT2D eigenvalue weighted by molar-refractivity contribution is -0.117. The van der Waals surface area contributed by atoms with E-state index in [1.807, 2.05) is 17.5 Å². The highest BCUT2D eigenvalue weighted by atomic mass is 32.1. The summed E-state index contributed by atoms with van der Waals surface area (Å²) in [5, 5.41) is 8.26. The van der Waals surface area contributed by atoms with Gasteiger partial charge < -0.3 is 15.5 Å². The Labute approximate surface area is 203 Å². The Morgan fingerprint density at radius 1 is 1.06 bits per heavy atom. The van der Waals surface area contributed by atoms with E-state index in [9.17, 15) is 14.4 Å². The third-order valence-corrected chi connectivity index (χ3v) is 7.42. The highest BCUT2D eigenvalue weighted by Gasteiger charge is 2.23. The molecule has 0 spiro atoms. The number of hydrogen-bond acceptors (Lipinski definition) is 8. The number of amides is 2. The molecule has 9 nitrogen and oxygen atoms in total. The third-order valence-electron chi connectivity index (χ3n) is 5.41. The predicted octanol–water partition coefficient (Wildman–Crippen LogP) is 3.78. The van der Waals surface area contributed by atoms with Crippen LogP contribution in [0.25, 0.3) is 20.9 Å². The molecule has 2 N–H and O–H groups in total. The summed E-state index contributed by atoms with van der Waals surface area (Å²) in [7, 11) is 0. The van der Waals surface area contributed by atoms with Crippen LogP contribution >= 0.6 is 22.7 Å². The molecule has 4 aromatic rings. The second-order valence-electron chi connectivity index (χ2n) is 7.96. The molecule has 5 rings (SSSR count). The molecule has 1 aromatic carbocycles. The van der Waals surface area contributed by atoms with Gasteiger partial charge in [0.05, 0.1) is 4.88 Å². The Kier molecular flexibility index (Phi) is 6.12. The fourth-order valence-electron chi connectivity index (χ4n) is 3.92. The van der Waals surface area contributed by atoms with Crippen molar-refractivity contribution in [2.24, 2.45) is 0 Å². The van der Waals surface area contributed by atoms with Gasteiger partial charge in [-0.05, 0) is 42.5 Å². The highest BCUT2D eigenvalue weighted by molar-refractivity contribution is 7.22. The van der Waals surface area contributed by atoms with Gasteiger partial charge in [-0.25, -0.2) is 9.78 Å². The van der Waals surface area contributed by atoms with Crippen LogP contribution in [0.5, 0.6) is 0 Å². The van der Waals surface area contributed by atoms with Crippen molar-refractivity contribution in [1.29, 1.82) is 0 Å². The Bertz CT molecular complexity index is 1420. The summed E-state index contributed by atoms with van der Waals surface area (Å²) in [6.07, 6.45) is 2.22. The van der Waals surface area contributed by atoms with Gasteiger partial charge in [0.1, 0.15) is 22.6 Å². The van der Waals surface area contributed by atoms with Crippen molar-refractivity contribution in [3.05, 3.63) is 52.3 Å². The zero-order valence-corrected chi connectivity index (χ0v) is 20.0. The number of thiophene rings is 1. The Hall–Kier alpha value is -3.57. The third kappa shape index (κ3) is 4.57. The molecule has 11 heteroatoms. The van der Waals surface area contributed by atoms with Crippen molar-refractivity contribution in [2.75, 3.05) is 28.6 Å². The summed E-state index contributed by atoms with van der Waals surface area (Å²) < 4.78 is 1.39. The number of carbonyl (C=O) groups excluding carboxylic acids is 2. The summed E-state index contributed by atoms with van der Waals surface area (Å²) in [6, 6.07) is 10.7. The molecule has 2 amide bonds. The summed E-state index contributed by atoms with van der Waals surface area (Å²) in [6.45, 7) is 3.08. The number of carbonyl (C=O) groups is 2. The van der Waals surface area contributed by atoms with Crippen LogP contribution < -0.4 is 21.2 Å². The van der Waals surface area contributed by atoms with Gasteiger partial charge in [-0.3, -0.25) is 14.2 Å². The molecule has 4 heterocycles. The first-order chi connectivity index (χ1) is 16.5. The first-order valence-electron chi connectivity index (χ1n) is 10.9. The standard InChI is InChI=1S/C23H22N6O3S2/c1-14(30)24-15-6-4-7-16(12-15)25-18(31)13-29-21-20(27-23(34-21)28-9-2-3-10-28)19(26-22(29)32)17-8-5-11-33-17/h4-8,11-12H,2-3,9-10,13H2,1H3,(H,24,30)(H,25,31). The van der Waals surface area contributed by atoms with E-state index in [2.05, 4.69) is 20.5 Å². The highest BCUT2D eigenvalue weighted by Crippen LogP contribution is 2.35. The lowest BCUT2D eigenvalue weighted by Gasteiger charge is -2.11. The van der Waals surface area contributed by atoms with Crippen LogP contribution in [0, 0.1) is 0 Å². The molecule has 1 aliphatic rings. The average Bonchev–Trinajstić information content (AvgIpc) is 3.56. The van der Waals surface area contributed by atoms with Crippen molar-refractivity contribution < 1.29 is 9.59 Å². The van der Waals surface area contributed by atoms with Gasteiger partial charge in [0.2, 0.25) is 11.8 Å². The molecule has 0 aliphatic carbocycles. The quantitative estimate of drug-likeness (QED) is 0.422. The van der Waals surface area contributed by atoms with Crippen molar-refractivity contribution in [1.82, 2.24) is 14.5 Å². The second kappa shape index (κ2) is 9.35. The number of nitrogens with zero attached hydrogens (tertiary/aromatic N) is 4. The number of fused-ring (bicyclic) bond motifs is 1. The zero-order chi connectivity index (χ0) is 23.7. The van der Waals surface area contributed by atoms with Crippen LogP contribution in [0.1, 0.15) is 19.8 Å². The van der Waals surface area contributed by atoms with Gasteiger partial charge in [-0.15, -0.1) is 11.3 Å². The molecule has 1 fully saturated rings. The Balaban J connectivity index is 1.48. The molecule has 0 bridgehead atoms. The molecule has 1 aliphatic heterocycles. The summed E-state index contributed by atoms with van der Waals surface area (Å²) in [5.74, 6) is -0.571. The molecule has 0 saturated carbocycles. The first-order valence-corrected chi connectivity index (χ1v) is 12.6. The minimum atomic E-state index is -0.491. The van der Waals surface area contributed by atoms with Crippen LogP contribution in [-0.2, 0) is 16.1 Å². The Morgan fingerprint density at radius 2 is 1.82 bits per heavy atom. The first kappa shape index (κ1) is 22.2. The van der Waals surface area contributed by atoms with E-state index in [4.69, 9.17) is 4.98 Å². The monoisotopic (exact) mass is 494 g/mol. The van der Waals surface area contributed by atoms with Gasteiger partial charge in [-0.1, -0.05) is 23.5 Å². The van der Waals surface area contributed by atoms with Crippen LogP contribution in [0.3, 0.4) is 0 Å². The number of anilines is 3. The van der Waals surface area contributed by atoms with E-state index in [-0.39, 0.29) is 18.4 Å². The molecule has 174 valence electrons. The van der Waals surface area contributed by atoms with Gasteiger partial charge in [0.15, 0.2) is 5.13 Å². The van der Waals surface area contributed by atoms with Gasteiger partial charge in [0.25, 0.3) is 0 Å². The molecule has 0 radical (unpaired) electrons. The van der Waals surface area contributed by atoms with E-state index in [0.29, 0.717) is 27.4 Å². The minimum absolute atomic E-state index is 0.195. The van der Waals surface area contributed by atoms with Crippen LogP contribution in [-0.4, -0.2) is 39.4 Å². The minimum Gasteiger partial charge on any atom is -0.348 e. The summed E-state index contributed by atoms with van der Waals surface area (Å²) >= 11 is 2.92. The molecular formula is C23H22N6O3S2. The zero-order valence-electron chi connectivity index (χ0n) is 18.4. The maximum atomic E-state index is 13.0. The molecule has 34 heavy (non-hydrogen) atoms. The number of rotatable bonds is 6. The van der Waals surface area contributed by atoms with Gasteiger partial charge in [0, 0.05) is 31.4 Å². The van der Waals surface area contributed by atoms with E-state index >= 15 is 0 Å². The van der Waals surface area contributed by atoms with E-state index in [0.717, 1.165) is 35.9 Å².